The summed E-state index contributed by atoms with van der Waals surface area (Å²) in [5.41, 5.74) is 3.76. The number of hydrazone groups is 1. The van der Waals surface area contributed by atoms with E-state index in [0.717, 1.165) is 0 Å². The topological polar surface area (TPSA) is 69.2 Å². The van der Waals surface area contributed by atoms with E-state index in [9.17, 15) is 4.79 Å². The summed E-state index contributed by atoms with van der Waals surface area (Å²) >= 11 is 18.2. The second-order valence-corrected chi connectivity index (χ2v) is 7.69. The van der Waals surface area contributed by atoms with Crippen molar-refractivity contribution in [2.75, 3.05) is 13.7 Å². The molecular formula is C23H19Cl3N2O4. The SMILES string of the molecule is COc1ccc(/C=N\NC(=O)COc2ccc(Cl)cc2)cc1OCc1c(Cl)cccc1Cl. The molecule has 3 aromatic carbocycles. The molecule has 0 aliphatic carbocycles. The largest absolute Gasteiger partial charge is 0.493 e. The van der Waals surface area contributed by atoms with Crippen LogP contribution in [0.5, 0.6) is 17.2 Å². The van der Waals surface area contributed by atoms with E-state index in [1.165, 1.54) is 6.21 Å². The summed E-state index contributed by atoms with van der Waals surface area (Å²) in [5, 5.41) is 5.56. The smallest absolute Gasteiger partial charge is 0.277 e. The van der Waals surface area contributed by atoms with Gasteiger partial charge < -0.3 is 14.2 Å². The molecule has 0 aliphatic heterocycles. The number of hydrogen-bond donors (Lipinski definition) is 1. The first-order valence-corrected chi connectivity index (χ1v) is 10.5. The molecule has 1 N–H and O–H groups in total. The number of nitrogens with zero attached hydrogens (tertiary/aromatic N) is 1. The highest BCUT2D eigenvalue weighted by Gasteiger charge is 2.10. The third kappa shape index (κ3) is 6.79. The van der Waals surface area contributed by atoms with Crippen LogP contribution in [-0.2, 0) is 11.4 Å². The van der Waals surface area contributed by atoms with Gasteiger partial charge in [0.15, 0.2) is 18.1 Å². The van der Waals surface area contributed by atoms with Crippen molar-refractivity contribution in [2.45, 2.75) is 6.61 Å². The zero-order valence-corrected chi connectivity index (χ0v) is 19.2. The van der Waals surface area contributed by atoms with Crippen molar-refractivity contribution >= 4 is 46.9 Å². The molecule has 0 saturated heterocycles. The van der Waals surface area contributed by atoms with Gasteiger partial charge in [0, 0.05) is 20.6 Å². The van der Waals surface area contributed by atoms with E-state index in [-0.39, 0.29) is 13.2 Å². The maximum atomic E-state index is 11.9. The molecule has 3 rings (SSSR count). The van der Waals surface area contributed by atoms with Crippen LogP contribution in [0.15, 0.2) is 65.8 Å². The number of ether oxygens (including phenoxy) is 3. The molecule has 0 spiro atoms. The highest BCUT2D eigenvalue weighted by atomic mass is 35.5. The van der Waals surface area contributed by atoms with Crippen LogP contribution in [0.2, 0.25) is 15.1 Å². The molecule has 0 bridgehead atoms. The summed E-state index contributed by atoms with van der Waals surface area (Å²) in [6.07, 6.45) is 1.48. The Kier molecular flexibility index (Phi) is 8.62. The van der Waals surface area contributed by atoms with Crippen LogP contribution in [-0.4, -0.2) is 25.8 Å². The van der Waals surface area contributed by atoms with Crippen LogP contribution < -0.4 is 19.6 Å². The second kappa shape index (κ2) is 11.6. The first kappa shape index (κ1) is 23.7. The highest BCUT2D eigenvalue weighted by molar-refractivity contribution is 6.36. The van der Waals surface area contributed by atoms with Gasteiger partial charge >= 0.3 is 0 Å². The third-order valence-electron chi connectivity index (χ3n) is 4.21. The monoisotopic (exact) mass is 492 g/mol. The van der Waals surface area contributed by atoms with Crippen LogP contribution in [0.25, 0.3) is 0 Å². The summed E-state index contributed by atoms with van der Waals surface area (Å²) < 4.78 is 16.6. The Morgan fingerprint density at radius 1 is 0.969 bits per heavy atom. The molecule has 32 heavy (non-hydrogen) atoms. The molecule has 0 radical (unpaired) electrons. The van der Waals surface area contributed by atoms with Crippen molar-refractivity contribution in [3.8, 4) is 17.2 Å². The molecule has 0 heterocycles. The third-order valence-corrected chi connectivity index (χ3v) is 5.17. The van der Waals surface area contributed by atoms with Gasteiger partial charge in [-0.1, -0.05) is 40.9 Å². The van der Waals surface area contributed by atoms with Gasteiger partial charge in [0.2, 0.25) is 0 Å². The van der Waals surface area contributed by atoms with Gasteiger partial charge in [0.25, 0.3) is 5.91 Å². The van der Waals surface area contributed by atoms with Gasteiger partial charge in [-0.3, -0.25) is 4.79 Å². The second-order valence-electron chi connectivity index (χ2n) is 6.43. The lowest BCUT2D eigenvalue weighted by Crippen LogP contribution is -2.24. The quantitative estimate of drug-likeness (QED) is 0.304. The molecule has 0 aliphatic rings. The molecule has 0 aromatic heterocycles. The van der Waals surface area contributed by atoms with E-state index in [4.69, 9.17) is 49.0 Å². The predicted octanol–water partition coefficient (Wildman–Crippen LogP) is 5.76. The maximum Gasteiger partial charge on any atom is 0.277 e. The number of methoxy groups -OCH3 is 1. The molecular weight excluding hydrogens is 475 g/mol. The summed E-state index contributed by atoms with van der Waals surface area (Å²) in [4.78, 5) is 11.9. The van der Waals surface area contributed by atoms with Crippen molar-refractivity contribution in [1.82, 2.24) is 5.43 Å². The average molecular weight is 494 g/mol. The molecule has 0 atom stereocenters. The summed E-state index contributed by atoms with van der Waals surface area (Å²) in [5.74, 6) is 1.13. The number of benzene rings is 3. The minimum absolute atomic E-state index is 0.161. The number of carbonyl (C=O) groups is 1. The highest BCUT2D eigenvalue weighted by Crippen LogP contribution is 2.31. The van der Waals surface area contributed by atoms with E-state index in [1.54, 1.807) is 67.8 Å². The number of halogens is 3. The molecule has 3 aromatic rings. The number of rotatable bonds is 9. The van der Waals surface area contributed by atoms with Gasteiger partial charge in [-0.2, -0.15) is 5.10 Å². The Morgan fingerprint density at radius 2 is 1.69 bits per heavy atom. The van der Waals surface area contributed by atoms with E-state index in [0.29, 0.717) is 43.4 Å². The molecule has 0 unspecified atom stereocenters. The fourth-order valence-corrected chi connectivity index (χ4v) is 3.23. The van der Waals surface area contributed by atoms with E-state index in [1.807, 2.05) is 0 Å². The summed E-state index contributed by atoms with van der Waals surface area (Å²) in [6, 6.07) is 17.2. The first-order valence-electron chi connectivity index (χ1n) is 9.40. The van der Waals surface area contributed by atoms with Crippen molar-refractivity contribution in [2.24, 2.45) is 5.10 Å². The van der Waals surface area contributed by atoms with Gasteiger partial charge in [-0.15, -0.1) is 0 Å². The van der Waals surface area contributed by atoms with E-state index >= 15 is 0 Å². The van der Waals surface area contributed by atoms with Gasteiger partial charge in [0.1, 0.15) is 12.4 Å². The minimum Gasteiger partial charge on any atom is -0.493 e. The van der Waals surface area contributed by atoms with Crippen molar-refractivity contribution in [3.05, 3.63) is 86.9 Å². The van der Waals surface area contributed by atoms with Gasteiger partial charge in [-0.05, 0) is 60.2 Å². The van der Waals surface area contributed by atoms with Crippen LogP contribution in [0.4, 0.5) is 0 Å². The van der Waals surface area contributed by atoms with Crippen LogP contribution in [0, 0.1) is 0 Å². The lowest BCUT2D eigenvalue weighted by molar-refractivity contribution is -0.123. The Bertz CT molecular complexity index is 1080. The standard InChI is InChI=1S/C23H19Cl3N2O4/c1-30-21-10-5-15(11-22(21)32-13-18-19(25)3-2-4-20(18)26)12-27-28-23(29)14-31-17-8-6-16(24)7-9-17/h2-12H,13-14H2,1H3,(H,28,29)/b27-12-. The van der Waals surface area contributed by atoms with Crippen molar-refractivity contribution in [1.29, 1.82) is 0 Å². The first-order chi connectivity index (χ1) is 15.5. The fourth-order valence-electron chi connectivity index (χ4n) is 2.60. The molecule has 9 heteroatoms. The van der Waals surface area contributed by atoms with Gasteiger partial charge in [-0.25, -0.2) is 5.43 Å². The molecule has 166 valence electrons. The molecule has 1 amide bonds. The molecule has 0 saturated carbocycles. The lowest BCUT2D eigenvalue weighted by Gasteiger charge is -2.13. The Hall–Kier alpha value is -2.93. The van der Waals surface area contributed by atoms with Crippen LogP contribution in [0.1, 0.15) is 11.1 Å². The molecule has 6 nitrogen and oxygen atoms in total. The minimum atomic E-state index is -0.408. The fraction of sp³-hybridized carbons (Fsp3) is 0.130. The van der Waals surface area contributed by atoms with E-state index < -0.39 is 5.91 Å². The predicted molar refractivity (Wildman–Crippen MR) is 126 cm³/mol. The molecule has 0 fully saturated rings. The average Bonchev–Trinajstić information content (AvgIpc) is 2.78. The Morgan fingerprint density at radius 3 is 2.38 bits per heavy atom. The zero-order chi connectivity index (χ0) is 22.9. The van der Waals surface area contributed by atoms with E-state index in [2.05, 4.69) is 10.5 Å². The van der Waals surface area contributed by atoms with Crippen molar-refractivity contribution < 1.29 is 19.0 Å². The zero-order valence-electron chi connectivity index (χ0n) is 17.0. The maximum absolute atomic E-state index is 11.9. The number of carbonyl (C=O) groups excluding carboxylic acids is 1. The number of hydrogen-bond acceptors (Lipinski definition) is 5. The summed E-state index contributed by atoms with van der Waals surface area (Å²) in [7, 11) is 1.54. The van der Waals surface area contributed by atoms with Gasteiger partial charge in [0.05, 0.1) is 13.3 Å². The summed E-state index contributed by atoms with van der Waals surface area (Å²) in [6.45, 7) is -0.0250. The number of amides is 1. The van der Waals surface area contributed by atoms with Crippen molar-refractivity contribution in [3.63, 3.8) is 0 Å². The number of nitrogens with one attached hydrogen (secondary N) is 1. The Balaban J connectivity index is 1.58. The lowest BCUT2D eigenvalue weighted by atomic mass is 10.2. The normalized spacial score (nSPS) is 10.8. The van der Waals surface area contributed by atoms with Crippen LogP contribution >= 0.6 is 34.8 Å². The Labute approximate surface area is 200 Å². The van der Waals surface area contributed by atoms with Crippen LogP contribution in [0.3, 0.4) is 0 Å².